The average Bonchev–Trinajstić information content (AvgIpc) is 3.98. The molecule has 8 rings (SSSR count). The molecule has 0 saturated carbocycles. The third-order valence-corrected chi connectivity index (χ3v) is 10.3. The summed E-state index contributed by atoms with van der Waals surface area (Å²) in [6, 6.07) is 26.9. The fraction of sp³-hybridized carbons (Fsp3) is 0.282. The van der Waals surface area contributed by atoms with Crippen LogP contribution in [-0.4, -0.2) is 82.7 Å². The van der Waals surface area contributed by atoms with Crippen LogP contribution in [0.1, 0.15) is 40.5 Å². The van der Waals surface area contributed by atoms with Gasteiger partial charge in [-0.1, -0.05) is 47.5 Å². The summed E-state index contributed by atoms with van der Waals surface area (Å²) in [4.78, 5) is 39.3. The second-order valence-corrected chi connectivity index (χ2v) is 14.4. The van der Waals surface area contributed by atoms with Gasteiger partial charge in [-0.15, -0.1) is 11.8 Å². The van der Waals surface area contributed by atoms with E-state index < -0.39 is 0 Å². The lowest BCUT2D eigenvalue weighted by molar-refractivity contribution is 0.0780. The molecule has 2 atom stereocenters. The maximum Gasteiger partial charge on any atom is 0.295 e. The second kappa shape index (κ2) is 16.4. The lowest BCUT2D eigenvalue weighted by atomic mass is 10.2. The van der Waals surface area contributed by atoms with Crippen LogP contribution < -0.4 is 15.4 Å². The topological polar surface area (TPSA) is 126 Å². The number of carbonyl (C=O) groups excluding carboxylic acids is 2. The molecule has 2 aliphatic heterocycles. The van der Waals surface area contributed by atoms with Crippen LogP contribution in [0.5, 0.6) is 5.75 Å². The molecule has 2 saturated heterocycles. The average molecular weight is 774 g/mol. The first kappa shape index (κ1) is 36.4. The lowest BCUT2D eigenvalue weighted by Gasteiger charge is -2.18. The molecular weight excluding hydrogens is 735 g/mol. The molecule has 2 N–H and O–H groups in total. The number of anilines is 2. The van der Waals surface area contributed by atoms with Crippen molar-refractivity contribution in [2.45, 2.75) is 36.7 Å². The number of ether oxygens (including phenoxy) is 1. The van der Waals surface area contributed by atoms with Crippen molar-refractivity contribution in [1.29, 1.82) is 0 Å². The third kappa shape index (κ3) is 8.51. The van der Waals surface area contributed by atoms with Crippen LogP contribution in [0.4, 0.5) is 12.0 Å². The van der Waals surface area contributed by atoms with Crippen molar-refractivity contribution in [1.82, 2.24) is 19.8 Å². The number of rotatable bonds is 9. The summed E-state index contributed by atoms with van der Waals surface area (Å²) < 4.78 is 17.0. The molecule has 274 valence electrons. The number of oxazole rings is 2. The highest BCUT2D eigenvalue weighted by molar-refractivity contribution is 7.98. The predicted molar refractivity (Wildman–Crippen MR) is 210 cm³/mol. The van der Waals surface area contributed by atoms with Crippen molar-refractivity contribution in [2.24, 2.45) is 0 Å². The number of para-hydroxylation sites is 1. The molecule has 0 radical (unpaired) electrons. The maximum absolute atomic E-state index is 12.9. The highest BCUT2D eigenvalue weighted by atomic mass is 35.5. The van der Waals surface area contributed by atoms with E-state index in [-0.39, 0.29) is 23.9 Å². The molecule has 6 aromatic rings. The van der Waals surface area contributed by atoms with Gasteiger partial charge in [-0.05, 0) is 74.6 Å². The molecule has 4 heterocycles. The van der Waals surface area contributed by atoms with E-state index in [0.717, 1.165) is 34.3 Å². The molecular formula is C39H38Cl2N6O5S. The molecule has 14 heteroatoms. The van der Waals surface area contributed by atoms with Crippen LogP contribution in [0.3, 0.4) is 0 Å². The van der Waals surface area contributed by atoms with Crippen molar-refractivity contribution in [3.63, 3.8) is 0 Å². The number of nitrogens with one attached hydrogen (secondary N) is 2. The van der Waals surface area contributed by atoms with Gasteiger partial charge in [0.15, 0.2) is 11.2 Å². The summed E-state index contributed by atoms with van der Waals surface area (Å²) >= 11 is 13.6. The fourth-order valence-electron chi connectivity index (χ4n) is 6.48. The van der Waals surface area contributed by atoms with Gasteiger partial charge in [0, 0.05) is 65.3 Å². The van der Waals surface area contributed by atoms with E-state index >= 15 is 0 Å². The summed E-state index contributed by atoms with van der Waals surface area (Å²) in [5.41, 5.74) is 4.16. The van der Waals surface area contributed by atoms with Crippen molar-refractivity contribution < 1.29 is 23.2 Å². The Hall–Kier alpha value is -4.91. The fourth-order valence-corrected chi connectivity index (χ4v) is 7.40. The van der Waals surface area contributed by atoms with Crippen molar-refractivity contribution in [3.05, 3.63) is 106 Å². The van der Waals surface area contributed by atoms with Gasteiger partial charge in [-0.2, -0.15) is 9.97 Å². The zero-order chi connectivity index (χ0) is 36.9. The third-order valence-electron chi connectivity index (χ3n) is 9.06. The Morgan fingerprint density at radius 1 is 0.774 bits per heavy atom. The van der Waals surface area contributed by atoms with Gasteiger partial charge in [-0.25, -0.2) is 0 Å². The number of thioether (sulfide) groups is 1. The first-order valence-corrected chi connectivity index (χ1v) is 19.3. The Labute approximate surface area is 321 Å². The lowest BCUT2D eigenvalue weighted by Crippen LogP contribution is -2.31. The number of halogens is 2. The minimum atomic E-state index is -0.0207. The van der Waals surface area contributed by atoms with Gasteiger partial charge in [0.2, 0.25) is 0 Å². The van der Waals surface area contributed by atoms with Crippen LogP contribution in [0, 0.1) is 0 Å². The molecule has 0 spiro atoms. The first-order chi connectivity index (χ1) is 25.8. The SMILES string of the molecule is CCOc1ccccc1C(=O)N1CC[C@@H](Nc2nc3ccc(Cl)cc3o2)C1.CSc1ccccc1C(=O)N1CC[C@@H](Nc2nc3ccc(Cl)cc3o2)C1. The summed E-state index contributed by atoms with van der Waals surface area (Å²) in [6.07, 6.45) is 3.66. The van der Waals surface area contributed by atoms with Gasteiger partial charge in [0.1, 0.15) is 16.8 Å². The van der Waals surface area contributed by atoms with Crippen LogP contribution in [0.2, 0.25) is 10.0 Å². The molecule has 53 heavy (non-hydrogen) atoms. The molecule has 2 amide bonds. The van der Waals surface area contributed by atoms with Crippen LogP contribution in [0.25, 0.3) is 22.2 Å². The van der Waals surface area contributed by atoms with Crippen molar-refractivity contribution >= 4 is 81.0 Å². The van der Waals surface area contributed by atoms with Gasteiger partial charge < -0.3 is 34.0 Å². The standard InChI is InChI=1S/C20H20ClN3O3.C19H18ClN3O2S/c1-2-26-17-6-4-3-5-15(17)19(25)24-10-9-14(12-24)22-20-23-16-8-7-13(21)11-18(16)27-20;1-26-17-5-3-2-4-14(17)18(24)23-9-8-13(11-23)21-19-22-15-7-6-12(20)10-16(15)25-19/h3-8,11,14H,2,9-10,12H2,1H3,(H,22,23);2-7,10,13H,8-9,11H2,1H3,(H,21,22)/t14-;13-/m11/s1. The van der Waals surface area contributed by atoms with Crippen LogP contribution in [0.15, 0.2) is 98.7 Å². The van der Waals surface area contributed by atoms with E-state index in [2.05, 4.69) is 20.6 Å². The minimum Gasteiger partial charge on any atom is -0.493 e. The van der Waals surface area contributed by atoms with Gasteiger partial charge in [0.05, 0.1) is 17.7 Å². The monoisotopic (exact) mass is 772 g/mol. The van der Waals surface area contributed by atoms with E-state index in [9.17, 15) is 9.59 Å². The van der Waals surface area contributed by atoms with Gasteiger partial charge >= 0.3 is 0 Å². The largest absolute Gasteiger partial charge is 0.493 e. The Balaban J connectivity index is 0.000000164. The zero-order valence-corrected chi connectivity index (χ0v) is 31.5. The molecule has 11 nitrogen and oxygen atoms in total. The maximum atomic E-state index is 12.9. The number of hydrogen-bond donors (Lipinski definition) is 2. The number of hydrogen-bond acceptors (Lipinski definition) is 10. The van der Waals surface area contributed by atoms with E-state index in [1.165, 1.54) is 0 Å². The highest BCUT2D eigenvalue weighted by Crippen LogP contribution is 2.28. The number of amides is 2. The highest BCUT2D eigenvalue weighted by Gasteiger charge is 2.30. The molecule has 0 bridgehead atoms. The van der Waals surface area contributed by atoms with Gasteiger partial charge in [0.25, 0.3) is 23.8 Å². The zero-order valence-electron chi connectivity index (χ0n) is 29.2. The molecule has 2 aromatic heterocycles. The minimum absolute atomic E-state index is 0.0207. The number of aromatic nitrogens is 2. The van der Waals surface area contributed by atoms with Gasteiger partial charge in [-0.3, -0.25) is 9.59 Å². The number of fused-ring (bicyclic) bond motifs is 2. The Kier molecular flexibility index (Phi) is 11.3. The number of nitrogens with zero attached hydrogens (tertiary/aromatic N) is 4. The summed E-state index contributed by atoms with van der Waals surface area (Å²) in [7, 11) is 0. The first-order valence-electron chi connectivity index (χ1n) is 17.4. The van der Waals surface area contributed by atoms with Crippen molar-refractivity contribution in [2.75, 3.05) is 49.7 Å². The quantitative estimate of drug-likeness (QED) is 0.138. The Bertz CT molecular complexity index is 2250. The van der Waals surface area contributed by atoms with Crippen LogP contribution in [-0.2, 0) is 0 Å². The number of carbonyl (C=O) groups is 2. The normalized spacial score (nSPS) is 16.8. The molecule has 2 aliphatic rings. The summed E-state index contributed by atoms with van der Waals surface area (Å²) in [5.74, 6) is 0.675. The van der Waals surface area contributed by atoms with E-state index in [1.807, 2.05) is 77.6 Å². The molecule has 2 fully saturated rings. The molecule has 0 unspecified atom stereocenters. The van der Waals surface area contributed by atoms with Crippen molar-refractivity contribution in [3.8, 4) is 5.75 Å². The van der Waals surface area contributed by atoms with E-state index in [0.29, 0.717) is 77.3 Å². The Morgan fingerprint density at radius 3 is 1.83 bits per heavy atom. The van der Waals surface area contributed by atoms with E-state index in [4.69, 9.17) is 36.8 Å². The molecule has 4 aromatic carbocycles. The number of likely N-dealkylation sites (tertiary alicyclic amines) is 2. The smallest absolute Gasteiger partial charge is 0.295 e. The number of benzene rings is 4. The van der Waals surface area contributed by atoms with E-state index in [1.54, 1.807) is 42.1 Å². The second-order valence-electron chi connectivity index (χ2n) is 12.7. The summed E-state index contributed by atoms with van der Waals surface area (Å²) in [6.45, 7) is 5.02. The van der Waals surface area contributed by atoms with Crippen LogP contribution >= 0.6 is 35.0 Å². The Morgan fingerprint density at radius 2 is 1.28 bits per heavy atom. The molecule has 0 aliphatic carbocycles. The predicted octanol–water partition coefficient (Wildman–Crippen LogP) is 8.74. The summed E-state index contributed by atoms with van der Waals surface area (Å²) in [5, 5.41) is 7.80.